The van der Waals surface area contributed by atoms with Gasteiger partial charge in [0.05, 0.1) is 23.9 Å². The fourth-order valence-electron chi connectivity index (χ4n) is 1.67. The number of carbonyl (C=O) groups excluding carboxylic acids is 1. The molecule has 1 aromatic heterocycles. The smallest absolute Gasteiger partial charge is 0.338 e. The molecule has 0 aliphatic heterocycles. The van der Waals surface area contributed by atoms with Crippen LogP contribution in [0.15, 0.2) is 46.7 Å². The zero-order valence-electron chi connectivity index (χ0n) is 12.6. The van der Waals surface area contributed by atoms with Gasteiger partial charge in [-0.2, -0.15) is 5.10 Å². The number of guanidine groups is 1. The molecule has 0 saturated carbocycles. The summed E-state index contributed by atoms with van der Waals surface area (Å²) in [5.41, 5.74) is 11.3. The van der Waals surface area contributed by atoms with Crippen molar-refractivity contribution in [2.45, 2.75) is 0 Å². The van der Waals surface area contributed by atoms with Gasteiger partial charge in [-0.25, -0.2) is 9.78 Å². The number of methoxy groups -OCH3 is 1. The van der Waals surface area contributed by atoms with Gasteiger partial charge in [0.2, 0.25) is 11.8 Å². The van der Waals surface area contributed by atoms with Crippen molar-refractivity contribution in [1.29, 1.82) is 0 Å². The van der Waals surface area contributed by atoms with Crippen LogP contribution in [0.3, 0.4) is 0 Å². The Morgan fingerprint density at radius 3 is 2.75 bits per heavy atom. The molecule has 0 atom stereocenters. The van der Waals surface area contributed by atoms with E-state index in [0.29, 0.717) is 21.9 Å². The second kappa shape index (κ2) is 7.93. The number of rotatable bonds is 5. The van der Waals surface area contributed by atoms with Crippen LogP contribution >= 0.6 is 11.6 Å². The first-order valence-electron chi connectivity index (χ1n) is 6.63. The summed E-state index contributed by atoms with van der Waals surface area (Å²) in [5.74, 6) is -0.0552. The molecule has 8 nitrogen and oxygen atoms in total. The van der Waals surface area contributed by atoms with Gasteiger partial charge in [-0.15, -0.1) is 5.10 Å². The number of nitrogens with zero attached hydrogens (tertiary/aromatic N) is 3. The van der Waals surface area contributed by atoms with E-state index in [1.54, 1.807) is 18.2 Å². The molecule has 0 bridgehead atoms. The number of ether oxygens (including phenoxy) is 2. The largest absolute Gasteiger partial charge is 0.465 e. The lowest BCUT2D eigenvalue weighted by Gasteiger charge is -2.08. The van der Waals surface area contributed by atoms with Crippen molar-refractivity contribution in [3.05, 3.63) is 52.7 Å². The standard InChI is InChI=1S/C15H14ClN5O3/c1-23-14(22)10-4-5-19-13(7-10)24-12-3-2-9(6-11(12)16)8-20-21-15(17)18/h2-8H,1H3,(H4,17,18,21). The summed E-state index contributed by atoms with van der Waals surface area (Å²) in [7, 11) is 1.29. The van der Waals surface area contributed by atoms with Gasteiger partial charge in [-0.3, -0.25) is 0 Å². The summed E-state index contributed by atoms with van der Waals surface area (Å²) in [6, 6.07) is 7.93. The number of hydrogen-bond donors (Lipinski definition) is 2. The number of halogens is 1. The fourth-order valence-corrected chi connectivity index (χ4v) is 1.89. The third-order valence-corrected chi connectivity index (χ3v) is 3.00. The number of carbonyl (C=O) groups is 1. The number of nitrogens with two attached hydrogens (primary N) is 2. The van der Waals surface area contributed by atoms with Gasteiger partial charge in [0.15, 0.2) is 0 Å². The molecule has 0 spiro atoms. The molecular formula is C15H14ClN5O3. The molecule has 0 radical (unpaired) electrons. The Morgan fingerprint density at radius 1 is 1.29 bits per heavy atom. The second-order valence-electron chi connectivity index (χ2n) is 4.44. The summed E-state index contributed by atoms with van der Waals surface area (Å²) in [5, 5.41) is 7.50. The second-order valence-corrected chi connectivity index (χ2v) is 4.84. The SMILES string of the molecule is COC(=O)c1ccnc(Oc2ccc(C=NN=C(N)N)cc2Cl)c1. The number of benzene rings is 1. The van der Waals surface area contributed by atoms with E-state index in [9.17, 15) is 4.79 Å². The molecule has 0 saturated heterocycles. The first-order chi connectivity index (χ1) is 11.5. The molecule has 2 rings (SSSR count). The number of hydrogen-bond acceptors (Lipinski definition) is 6. The molecule has 9 heteroatoms. The van der Waals surface area contributed by atoms with Crippen molar-refractivity contribution in [1.82, 2.24) is 4.98 Å². The highest BCUT2D eigenvalue weighted by molar-refractivity contribution is 6.32. The highest BCUT2D eigenvalue weighted by Gasteiger charge is 2.09. The van der Waals surface area contributed by atoms with Crippen LogP contribution in [0.4, 0.5) is 0 Å². The van der Waals surface area contributed by atoms with Gasteiger partial charge in [-0.1, -0.05) is 11.6 Å². The van der Waals surface area contributed by atoms with E-state index < -0.39 is 5.97 Å². The maximum atomic E-state index is 11.5. The lowest BCUT2D eigenvalue weighted by Crippen LogP contribution is -2.21. The lowest BCUT2D eigenvalue weighted by molar-refractivity contribution is 0.0600. The fraction of sp³-hybridized carbons (Fsp3) is 0.0667. The lowest BCUT2D eigenvalue weighted by atomic mass is 10.2. The Morgan fingerprint density at radius 2 is 2.08 bits per heavy atom. The predicted octanol–water partition coefficient (Wildman–Crippen LogP) is 1.92. The molecule has 0 amide bonds. The highest BCUT2D eigenvalue weighted by atomic mass is 35.5. The highest BCUT2D eigenvalue weighted by Crippen LogP contribution is 2.29. The molecule has 2 aromatic rings. The van der Waals surface area contributed by atoms with Crippen molar-refractivity contribution in [3.63, 3.8) is 0 Å². The van der Waals surface area contributed by atoms with E-state index in [2.05, 4.69) is 19.9 Å². The van der Waals surface area contributed by atoms with Crippen molar-refractivity contribution in [3.8, 4) is 11.6 Å². The van der Waals surface area contributed by atoms with Gasteiger partial charge >= 0.3 is 5.97 Å². The average molecular weight is 348 g/mol. The molecule has 124 valence electrons. The Labute approximate surface area is 142 Å². The quantitative estimate of drug-likeness (QED) is 0.368. The van der Waals surface area contributed by atoms with Crippen LogP contribution in [-0.4, -0.2) is 30.2 Å². The van der Waals surface area contributed by atoms with Crippen LogP contribution in [0.25, 0.3) is 0 Å². The molecule has 4 N–H and O–H groups in total. The van der Waals surface area contributed by atoms with Gasteiger partial charge in [0.1, 0.15) is 5.75 Å². The average Bonchev–Trinajstić information content (AvgIpc) is 2.56. The van der Waals surface area contributed by atoms with Crippen LogP contribution in [-0.2, 0) is 4.74 Å². The number of esters is 1. The Hall–Kier alpha value is -3.13. The summed E-state index contributed by atoms with van der Waals surface area (Å²) in [6.45, 7) is 0. The van der Waals surface area contributed by atoms with Gasteiger partial charge < -0.3 is 20.9 Å². The molecule has 24 heavy (non-hydrogen) atoms. The predicted molar refractivity (Wildman–Crippen MR) is 90.5 cm³/mol. The Bertz CT molecular complexity index is 803. The Balaban J connectivity index is 2.17. The van der Waals surface area contributed by atoms with Gasteiger partial charge in [0.25, 0.3) is 0 Å². The van der Waals surface area contributed by atoms with Gasteiger partial charge in [0, 0.05) is 12.3 Å². The van der Waals surface area contributed by atoms with Crippen LogP contribution in [0, 0.1) is 0 Å². The monoisotopic (exact) mass is 347 g/mol. The summed E-state index contributed by atoms with van der Waals surface area (Å²) in [6.07, 6.45) is 2.87. The molecule has 0 unspecified atom stereocenters. The van der Waals surface area contributed by atoms with Gasteiger partial charge in [-0.05, 0) is 29.8 Å². The first kappa shape index (κ1) is 17.2. The van der Waals surface area contributed by atoms with Crippen molar-refractivity contribution >= 4 is 29.7 Å². The first-order valence-corrected chi connectivity index (χ1v) is 7.01. The van der Waals surface area contributed by atoms with E-state index in [1.165, 1.54) is 31.7 Å². The minimum atomic E-state index is -0.486. The third-order valence-electron chi connectivity index (χ3n) is 2.71. The zero-order chi connectivity index (χ0) is 17.5. The summed E-state index contributed by atoms with van der Waals surface area (Å²) < 4.78 is 10.2. The van der Waals surface area contributed by atoms with Crippen LogP contribution in [0.1, 0.15) is 15.9 Å². The summed E-state index contributed by atoms with van der Waals surface area (Å²) in [4.78, 5) is 15.5. The molecule has 0 aliphatic carbocycles. The van der Waals surface area contributed by atoms with Crippen LogP contribution in [0.5, 0.6) is 11.6 Å². The Kier molecular flexibility index (Phi) is 5.69. The maximum absolute atomic E-state index is 11.5. The molecule has 0 aliphatic rings. The molecule has 1 heterocycles. The number of aromatic nitrogens is 1. The van der Waals surface area contributed by atoms with Crippen LogP contribution in [0.2, 0.25) is 5.02 Å². The third kappa shape index (κ3) is 4.68. The van der Waals surface area contributed by atoms with E-state index in [1.807, 2.05) is 0 Å². The molecule has 0 fully saturated rings. The van der Waals surface area contributed by atoms with E-state index >= 15 is 0 Å². The molecule has 1 aromatic carbocycles. The van der Waals surface area contributed by atoms with E-state index in [0.717, 1.165) is 0 Å². The normalized spacial score (nSPS) is 10.4. The van der Waals surface area contributed by atoms with Crippen molar-refractivity contribution in [2.75, 3.05) is 7.11 Å². The van der Waals surface area contributed by atoms with Crippen LogP contribution < -0.4 is 16.2 Å². The minimum Gasteiger partial charge on any atom is -0.465 e. The maximum Gasteiger partial charge on any atom is 0.338 e. The van der Waals surface area contributed by atoms with E-state index in [-0.39, 0.29) is 11.8 Å². The van der Waals surface area contributed by atoms with E-state index in [4.69, 9.17) is 27.8 Å². The molecular weight excluding hydrogens is 334 g/mol. The van der Waals surface area contributed by atoms with Crippen molar-refractivity contribution in [2.24, 2.45) is 21.7 Å². The zero-order valence-corrected chi connectivity index (χ0v) is 13.4. The summed E-state index contributed by atoms with van der Waals surface area (Å²) >= 11 is 6.16. The van der Waals surface area contributed by atoms with Crippen molar-refractivity contribution < 1.29 is 14.3 Å². The number of pyridine rings is 1. The minimum absolute atomic E-state index is 0.145. The topological polar surface area (TPSA) is 125 Å².